The average molecular weight is 389 g/mol. The first-order valence-corrected chi connectivity index (χ1v) is 14.7. The van der Waals surface area contributed by atoms with E-state index in [-0.39, 0.29) is 0 Å². The van der Waals surface area contributed by atoms with E-state index in [2.05, 4.69) is 69.7 Å². The van der Waals surface area contributed by atoms with Gasteiger partial charge in [0.25, 0.3) is 0 Å². The van der Waals surface area contributed by atoms with Gasteiger partial charge in [-0.15, -0.1) is 0 Å². The van der Waals surface area contributed by atoms with Crippen molar-refractivity contribution in [1.29, 1.82) is 0 Å². The van der Waals surface area contributed by atoms with Crippen molar-refractivity contribution >= 4 is 8.24 Å². The Labute approximate surface area is 170 Å². The smallest absolute Gasteiger partial charge is 0.126 e. The molecular formula is C24H44N2Si. The molecule has 0 amide bonds. The minimum Gasteiger partial charge on any atom is -0.321 e. The summed E-state index contributed by atoms with van der Waals surface area (Å²) in [7, 11) is -1.49. The van der Waals surface area contributed by atoms with Gasteiger partial charge in [-0.05, 0) is 47.1 Å². The van der Waals surface area contributed by atoms with Gasteiger partial charge in [0.05, 0.1) is 0 Å². The highest BCUT2D eigenvalue weighted by molar-refractivity contribution is 6.76. The highest BCUT2D eigenvalue weighted by atomic mass is 28.3. The summed E-state index contributed by atoms with van der Waals surface area (Å²) in [5, 5.41) is 3.57. The molecular weight excluding hydrogens is 344 g/mol. The van der Waals surface area contributed by atoms with Crippen molar-refractivity contribution < 1.29 is 0 Å². The summed E-state index contributed by atoms with van der Waals surface area (Å²) in [6, 6.07) is 0. The minimum atomic E-state index is -1.49. The van der Waals surface area contributed by atoms with Crippen LogP contribution < -0.4 is 5.32 Å². The quantitative estimate of drug-likeness (QED) is 0.587. The number of nitrogens with one attached hydrogen (secondary N) is 1. The lowest BCUT2D eigenvalue weighted by Crippen LogP contribution is -2.60. The molecule has 1 saturated carbocycles. The number of piperazine rings is 1. The lowest BCUT2D eigenvalue weighted by Gasteiger charge is -2.48. The van der Waals surface area contributed by atoms with Gasteiger partial charge in [0.15, 0.2) is 0 Å². The van der Waals surface area contributed by atoms with Crippen LogP contribution in [0.15, 0.2) is 23.3 Å². The van der Waals surface area contributed by atoms with Crippen LogP contribution in [0.2, 0.25) is 18.6 Å². The van der Waals surface area contributed by atoms with Gasteiger partial charge in [0.2, 0.25) is 0 Å². The van der Waals surface area contributed by atoms with Crippen molar-refractivity contribution in [3.05, 3.63) is 23.3 Å². The van der Waals surface area contributed by atoms with E-state index in [9.17, 15) is 0 Å². The van der Waals surface area contributed by atoms with Crippen LogP contribution in [0.4, 0.5) is 0 Å². The van der Waals surface area contributed by atoms with Crippen molar-refractivity contribution in [2.45, 2.75) is 72.5 Å². The van der Waals surface area contributed by atoms with Crippen molar-refractivity contribution in [3.8, 4) is 0 Å². The third kappa shape index (κ3) is 4.16. The van der Waals surface area contributed by atoms with Gasteiger partial charge >= 0.3 is 0 Å². The van der Waals surface area contributed by atoms with Crippen molar-refractivity contribution in [2.75, 3.05) is 26.2 Å². The number of hydrogen-bond donors (Lipinski definition) is 1. The van der Waals surface area contributed by atoms with Crippen molar-refractivity contribution in [3.63, 3.8) is 0 Å². The third-order valence-corrected chi connectivity index (χ3v) is 12.4. The first kappa shape index (κ1) is 21.3. The van der Waals surface area contributed by atoms with Crippen LogP contribution >= 0.6 is 0 Å². The minimum absolute atomic E-state index is 0.648. The number of fused-ring (bicyclic) bond motifs is 1. The maximum atomic E-state index is 3.57. The van der Waals surface area contributed by atoms with Crippen LogP contribution in [0.1, 0.15) is 53.9 Å². The van der Waals surface area contributed by atoms with Gasteiger partial charge in [-0.25, -0.2) is 0 Å². The fraction of sp³-hybridized carbons (Fsp3) is 0.833. The molecule has 3 rings (SSSR count). The molecule has 0 aromatic rings. The summed E-state index contributed by atoms with van der Waals surface area (Å²) in [6.07, 6.45) is 9.56. The highest BCUT2D eigenvalue weighted by Gasteiger charge is 2.53. The van der Waals surface area contributed by atoms with E-state index in [1.807, 2.05) is 0 Å². The third-order valence-electron chi connectivity index (χ3n) is 7.83. The van der Waals surface area contributed by atoms with E-state index in [0.717, 1.165) is 23.3 Å². The predicted molar refractivity (Wildman–Crippen MR) is 122 cm³/mol. The molecule has 0 bridgehead atoms. The average Bonchev–Trinajstić information content (AvgIpc) is 3.00. The molecule has 0 radical (unpaired) electrons. The van der Waals surface area contributed by atoms with Crippen LogP contribution in [0.3, 0.4) is 0 Å². The molecule has 1 heterocycles. The largest absolute Gasteiger partial charge is 0.321 e. The Morgan fingerprint density at radius 1 is 1.11 bits per heavy atom. The maximum Gasteiger partial charge on any atom is 0.126 e. The summed E-state index contributed by atoms with van der Waals surface area (Å²) in [6.45, 7) is 22.3. The highest BCUT2D eigenvalue weighted by Crippen LogP contribution is 2.58. The van der Waals surface area contributed by atoms with E-state index in [4.69, 9.17) is 0 Å². The number of hydrogen-bond acceptors (Lipinski definition) is 2. The lowest BCUT2D eigenvalue weighted by molar-refractivity contribution is 0.335. The van der Waals surface area contributed by atoms with Gasteiger partial charge in [0, 0.05) is 26.2 Å². The van der Waals surface area contributed by atoms with E-state index >= 15 is 0 Å². The molecule has 2 aliphatic carbocycles. The zero-order chi connectivity index (χ0) is 19.8. The zero-order valence-electron chi connectivity index (χ0n) is 19.0. The van der Waals surface area contributed by atoms with Crippen molar-refractivity contribution in [2.24, 2.45) is 29.6 Å². The summed E-state index contributed by atoms with van der Waals surface area (Å²) in [4.78, 5) is 0. The fourth-order valence-corrected chi connectivity index (χ4v) is 11.0. The van der Waals surface area contributed by atoms with Crippen molar-refractivity contribution in [1.82, 2.24) is 9.88 Å². The van der Waals surface area contributed by atoms with E-state index in [1.165, 1.54) is 45.4 Å². The van der Waals surface area contributed by atoms with E-state index in [1.54, 1.807) is 11.1 Å². The standard InChI is InChI=1S/C24H44N2Si/c1-8-9-19-14-22-21(18(4)5)15-20(17(2)3)16-23(22)24(19)27(6,7)26-12-10-25-11-13-26/h15-19,22-25H,8-14H2,1-7H3. The van der Waals surface area contributed by atoms with Crippen LogP contribution in [-0.4, -0.2) is 39.0 Å². The lowest BCUT2D eigenvalue weighted by atomic mass is 9.76. The second kappa shape index (κ2) is 8.55. The first-order chi connectivity index (χ1) is 12.8. The fourth-order valence-electron chi connectivity index (χ4n) is 6.46. The Balaban J connectivity index is 1.99. The van der Waals surface area contributed by atoms with Gasteiger partial charge < -0.3 is 9.88 Å². The molecule has 1 N–H and O–H groups in total. The molecule has 2 fully saturated rings. The summed E-state index contributed by atoms with van der Waals surface area (Å²) in [5.74, 6) is 3.85. The SMILES string of the molecule is CCCC1CC2C(C(C)C)=CC(C(C)C)=CC2C1[Si](C)(C)N1CCNCC1. The molecule has 27 heavy (non-hydrogen) atoms. The molecule has 154 valence electrons. The van der Waals surface area contributed by atoms with Gasteiger partial charge in [-0.2, -0.15) is 0 Å². The van der Waals surface area contributed by atoms with Crippen LogP contribution in [0.5, 0.6) is 0 Å². The van der Waals surface area contributed by atoms with Crippen LogP contribution in [0, 0.1) is 29.6 Å². The van der Waals surface area contributed by atoms with E-state index < -0.39 is 8.24 Å². The molecule has 0 aromatic heterocycles. The Morgan fingerprint density at radius 3 is 2.33 bits per heavy atom. The Morgan fingerprint density at radius 2 is 1.78 bits per heavy atom. The Kier molecular flexibility index (Phi) is 6.75. The monoisotopic (exact) mass is 388 g/mol. The number of rotatable bonds is 6. The second-order valence-electron chi connectivity index (χ2n) is 10.5. The molecule has 3 heteroatoms. The number of allylic oxidation sites excluding steroid dienone is 4. The number of nitrogens with zero attached hydrogens (tertiary/aromatic N) is 1. The molecule has 4 atom stereocenters. The molecule has 2 nitrogen and oxygen atoms in total. The maximum absolute atomic E-state index is 3.57. The van der Waals surface area contributed by atoms with Crippen LogP contribution in [-0.2, 0) is 0 Å². The second-order valence-corrected chi connectivity index (χ2v) is 15.1. The van der Waals surface area contributed by atoms with Gasteiger partial charge in [-0.3, -0.25) is 0 Å². The zero-order valence-corrected chi connectivity index (χ0v) is 20.0. The normalized spacial score (nSPS) is 32.6. The topological polar surface area (TPSA) is 15.3 Å². The van der Waals surface area contributed by atoms with Gasteiger partial charge in [-0.1, -0.05) is 78.3 Å². The summed E-state index contributed by atoms with van der Waals surface area (Å²) >= 11 is 0. The van der Waals surface area contributed by atoms with Gasteiger partial charge in [0.1, 0.15) is 8.24 Å². The molecule has 0 spiro atoms. The molecule has 0 aromatic carbocycles. The molecule has 1 saturated heterocycles. The molecule has 1 aliphatic heterocycles. The predicted octanol–water partition coefficient (Wildman–Crippen LogP) is 5.70. The van der Waals surface area contributed by atoms with Crippen LogP contribution in [0.25, 0.3) is 0 Å². The molecule has 3 aliphatic rings. The first-order valence-electron chi connectivity index (χ1n) is 11.7. The Hall–Kier alpha value is -0.383. The summed E-state index contributed by atoms with van der Waals surface area (Å²) in [5.41, 5.74) is 4.30. The molecule has 4 unspecified atom stereocenters. The van der Waals surface area contributed by atoms with E-state index in [0.29, 0.717) is 11.8 Å². The summed E-state index contributed by atoms with van der Waals surface area (Å²) < 4.78 is 2.94. The Bertz CT molecular complexity index is 569.